The molecule has 2 amide bonds. The molecule has 0 bridgehead atoms. The summed E-state index contributed by atoms with van der Waals surface area (Å²) in [6.45, 7) is 2.79. The van der Waals surface area contributed by atoms with E-state index in [1.54, 1.807) is 0 Å². The van der Waals surface area contributed by atoms with Gasteiger partial charge in [-0.25, -0.2) is 13.6 Å². The standard InChI is InChI=1S/C18H23F2N3O2/c19-11-4-5-14(13(20)10-11)21-18(24)22-15-12-6-9-25-17(12)16(15)23-7-2-1-3-8-23/h4-5,10,12,15-17H,1-3,6-9H2,(H2,21,22,24)/t12-,15+,16-,17-/m1/s1. The lowest BCUT2D eigenvalue weighted by molar-refractivity contribution is -0.0852. The number of ether oxygens (including phenoxy) is 1. The molecule has 136 valence electrons. The fourth-order valence-corrected chi connectivity index (χ4v) is 4.42. The molecule has 1 aliphatic carbocycles. The van der Waals surface area contributed by atoms with Gasteiger partial charge in [0.05, 0.1) is 23.9 Å². The number of carbonyl (C=O) groups excluding carboxylic acids is 1. The molecule has 3 aliphatic rings. The molecule has 0 spiro atoms. The van der Waals surface area contributed by atoms with Crippen LogP contribution in [-0.4, -0.2) is 48.8 Å². The van der Waals surface area contributed by atoms with E-state index in [1.165, 1.54) is 25.3 Å². The van der Waals surface area contributed by atoms with Gasteiger partial charge in [-0.05, 0) is 44.5 Å². The van der Waals surface area contributed by atoms with Crippen molar-refractivity contribution < 1.29 is 18.3 Å². The molecule has 1 aromatic carbocycles. The van der Waals surface area contributed by atoms with Gasteiger partial charge in [0, 0.05) is 18.6 Å². The highest BCUT2D eigenvalue weighted by Crippen LogP contribution is 2.42. The molecular weight excluding hydrogens is 328 g/mol. The van der Waals surface area contributed by atoms with Crippen molar-refractivity contribution in [3.8, 4) is 0 Å². The van der Waals surface area contributed by atoms with Gasteiger partial charge in [-0.2, -0.15) is 0 Å². The number of urea groups is 1. The van der Waals surface area contributed by atoms with Crippen LogP contribution in [0.15, 0.2) is 18.2 Å². The van der Waals surface area contributed by atoms with Crippen LogP contribution in [-0.2, 0) is 4.74 Å². The smallest absolute Gasteiger partial charge is 0.319 e. The van der Waals surface area contributed by atoms with Crippen molar-refractivity contribution >= 4 is 11.7 Å². The predicted octanol–water partition coefficient (Wildman–Crippen LogP) is 2.73. The highest BCUT2D eigenvalue weighted by molar-refractivity contribution is 5.89. The molecule has 25 heavy (non-hydrogen) atoms. The number of hydrogen-bond acceptors (Lipinski definition) is 3. The maximum atomic E-state index is 13.7. The van der Waals surface area contributed by atoms with Crippen LogP contribution in [0.3, 0.4) is 0 Å². The molecule has 0 radical (unpaired) electrons. The minimum absolute atomic E-state index is 0.00843. The molecule has 2 heterocycles. The fraction of sp³-hybridized carbons (Fsp3) is 0.611. The van der Waals surface area contributed by atoms with Gasteiger partial charge < -0.3 is 15.4 Å². The third-order valence-electron chi connectivity index (χ3n) is 5.64. The van der Waals surface area contributed by atoms with E-state index in [1.807, 2.05) is 0 Å². The maximum absolute atomic E-state index is 13.7. The number of hydrogen-bond donors (Lipinski definition) is 2. The summed E-state index contributed by atoms with van der Waals surface area (Å²) in [6, 6.07) is 2.86. The summed E-state index contributed by atoms with van der Waals surface area (Å²) in [5.74, 6) is -1.13. The number of likely N-dealkylation sites (tertiary alicyclic amines) is 1. The third-order valence-corrected chi connectivity index (χ3v) is 5.64. The molecule has 1 aromatic rings. The first-order valence-corrected chi connectivity index (χ1v) is 9.02. The van der Waals surface area contributed by atoms with Gasteiger partial charge in [-0.15, -0.1) is 0 Å². The van der Waals surface area contributed by atoms with Crippen molar-refractivity contribution in [3.63, 3.8) is 0 Å². The molecular formula is C18H23F2N3O2. The lowest BCUT2D eigenvalue weighted by atomic mass is 9.70. The van der Waals surface area contributed by atoms with Crippen molar-refractivity contribution in [3.05, 3.63) is 29.8 Å². The lowest BCUT2D eigenvalue weighted by Gasteiger charge is -2.53. The Kier molecular flexibility index (Phi) is 4.60. The zero-order valence-corrected chi connectivity index (χ0v) is 14.0. The van der Waals surface area contributed by atoms with E-state index in [9.17, 15) is 13.6 Å². The molecule has 2 saturated heterocycles. The Labute approximate surface area is 145 Å². The number of fused-ring (bicyclic) bond motifs is 1. The largest absolute Gasteiger partial charge is 0.376 e. The zero-order valence-electron chi connectivity index (χ0n) is 14.0. The molecule has 1 saturated carbocycles. The number of carbonyl (C=O) groups is 1. The van der Waals surface area contributed by atoms with E-state index in [0.29, 0.717) is 5.92 Å². The minimum atomic E-state index is -0.779. The van der Waals surface area contributed by atoms with E-state index >= 15 is 0 Å². The van der Waals surface area contributed by atoms with Crippen LogP contribution in [0.2, 0.25) is 0 Å². The normalized spacial score (nSPS) is 31.9. The van der Waals surface area contributed by atoms with Gasteiger partial charge >= 0.3 is 6.03 Å². The van der Waals surface area contributed by atoms with E-state index in [-0.39, 0.29) is 23.9 Å². The number of rotatable bonds is 3. The molecule has 2 aliphatic heterocycles. The summed E-state index contributed by atoms with van der Waals surface area (Å²) in [7, 11) is 0. The van der Waals surface area contributed by atoms with Crippen molar-refractivity contribution in [1.82, 2.24) is 10.2 Å². The summed E-state index contributed by atoms with van der Waals surface area (Å²) in [5.41, 5.74) is -0.0213. The first-order chi connectivity index (χ1) is 12.1. The molecule has 7 heteroatoms. The monoisotopic (exact) mass is 351 g/mol. The lowest BCUT2D eigenvalue weighted by Crippen LogP contribution is -2.71. The Bertz CT molecular complexity index is 651. The second-order valence-electron chi connectivity index (χ2n) is 7.12. The van der Waals surface area contributed by atoms with Gasteiger partial charge in [-0.3, -0.25) is 4.90 Å². The third kappa shape index (κ3) is 3.22. The van der Waals surface area contributed by atoms with E-state index in [2.05, 4.69) is 15.5 Å². The number of anilines is 1. The van der Waals surface area contributed by atoms with E-state index in [4.69, 9.17) is 4.74 Å². The van der Waals surface area contributed by atoms with Crippen LogP contribution >= 0.6 is 0 Å². The van der Waals surface area contributed by atoms with Gasteiger partial charge in [0.25, 0.3) is 0 Å². The first-order valence-electron chi connectivity index (χ1n) is 9.02. The van der Waals surface area contributed by atoms with E-state index < -0.39 is 17.7 Å². The number of amides is 2. The van der Waals surface area contributed by atoms with Crippen LogP contribution in [0.4, 0.5) is 19.3 Å². The van der Waals surface area contributed by atoms with Crippen molar-refractivity contribution in [2.45, 2.75) is 43.9 Å². The van der Waals surface area contributed by atoms with Gasteiger partial charge in [0.15, 0.2) is 0 Å². The van der Waals surface area contributed by atoms with Crippen molar-refractivity contribution in [2.24, 2.45) is 5.92 Å². The van der Waals surface area contributed by atoms with Gasteiger partial charge in [-0.1, -0.05) is 6.42 Å². The Morgan fingerprint density at radius 1 is 1.20 bits per heavy atom. The predicted molar refractivity (Wildman–Crippen MR) is 89.4 cm³/mol. The fourth-order valence-electron chi connectivity index (χ4n) is 4.42. The molecule has 0 aromatic heterocycles. The second kappa shape index (κ2) is 6.88. The van der Waals surface area contributed by atoms with Gasteiger partial charge in [0.2, 0.25) is 0 Å². The number of nitrogens with zero attached hydrogens (tertiary/aromatic N) is 1. The molecule has 4 rings (SSSR count). The molecule has 2 N–H and O–H groups in total. The summed E-state index contributed by atoms with van der Waals surface area (Å²) >= 11 is 0. The number of nitrogens with one attached hydrogen (secondary N) is 2. The van der Waals surface area contributed by atoms with Gasteiger partial charge in [0.1, 0.15) is 11.6 Å². The average Bonchev–Trinajstić information content (AvgIpc) is 3.00. The van der Waals surface area contributed by atoms with Crippen LogP contribution in [0.1, 0.15) is 25.7 Å². The number of piperidine rings is 1. The summed E-state index contributed by atoms with van der Waals surface area (Å²) in [6.07, 6.45) is 4.72. The van der Waals surface area contributed by atoms with E-state index in [0.717, 1.165) is 38.2 Å². The summed E-state index contributed by atoms with van der Waals surface area (Å²) in [4.78, 5) is 14.7. The van der Waals surface area contributed by atoms with Crippen LogP contribution in [0.25, 0.3) is 0 Å². The first kappa shape index (κ1) is 16.7. The second-order valence-corrected chi connectivity index (χ2v) is 7.12. The van der Waals surface area contributed by atoms with Crippen LogP contribution in [0, 0.1) is 17.6 Å². The Hall–Kier alpha value is -1.73. The Morgan fingerprint density at radius 2 is 2.00 bits per heavy atom. The topological polar surface area (TPSA) is 53.6 Å². The molecule has 3 fully saturated rings. The quantitative estimate of drug-likeness (QED) is 0.880. The van der Waals surface area contributed by atoms with Crippen LogP contribution < -0.4 is 10.6 Å². The van der Waals surface area contributed by atoms with Crippen molar-refractivity contribution in [1.29, 1.82) is 0 Å². The Morgan fingerprint density at radius 3 is 2.76 bits per heavy atom. The zero-order chi connectivity index (χ0) is 17.4. The molecule has 0 unspecified atom stereocenters. The Balaban J connectivity index is 1.42. The van der Waals surface area contributed by atoms with Crippen molar-refractivity contribution in [2.75, 3.05) is 25.0 Å². The number of benzene rings is 1. The summed E-state index contributed by atoms with van der Waals surface area (Å²) < 4.78 is 32.6. The average molecular weight is 351 g/mol. The highest BCUT2D eigenvalue weighted by atomic mass is 19.1. The minimum Gasteiger partial charge on any atom is -0.376 e. The highest BCUT2D eigenvalue weighted by Gasteiger charge is 2.56. The maximum Gasteiger partial charge on any atom is 0.319 e. The summed E-state index contributed by atoms with van der Waals surface area (Å²) in [5, 5.41) is 5.48. The SMILES string of the molecule is O=C(Nc1ccc(F)cc1F)N[C@H]1[C@H]2CCO[C@H]2[C@@H]1N1CCCCC1. The number of halogens is 2. The van der Waals surface area contributed by atoms with Crippen LogP contribution in [0.5, 0.6) is 0 Å². The molecule has 4 atom stereocenters. The molecule has 5 nitrogen and oxygen atoms in total.